The van der Waals surface area contributed by atoms with E-state index in [0.29, 0.717) is 17.7 Å². The molecule has 1 aliphatic rings. The summed E-state index contributed by atoms with van der Waals surface area (Å²) >= 11 is 0. The van der Waals surface area contributed by atoms with Gasteiger partial charge in [0.05, 0.1) is 7.11 Å². The molecule has 3 rings (SSSR count). The molecule has 0 radical (unpaired) electrons. The number of ether oxygens (including phenoxy) is 1. The lowest BCUT2D eigenvalue weighted by molar-refractivity contribution is 0.104. The third-order valence-electron chi connectivity index (χ3n) is 4.47. The molecule has 4 nitrogen and oxygen atoms in total. The molecule has 5 heteroatoms. The number of hydrogen-bond donors (Lipinski definition) is 1. The summed E-state index contributed by atoms with van der Waals surface area (Å²) in [6, 6.07) is 11.4. The van der Waals surface area contributed by atoms with Crippen LogP contribution in [0.4, 0.5) is 5.69 Å². The van der Waals surface area contributed by atoms with Gasteiger partial charge in [-0.3, -0.25) is 4.79 Å². The number of phenolic OH excluding ortho intramolecular Hbond substituents is 1. The van der Waals surface area contributed by atoms with Gasteiger partial charge in [-0.15, -0.1) is 12.4 Å². The van der Waals surface area contributed by atoms with E-state index in [4.69, 9.17) is 4.74 Å². The van der Waals surface area contributed by atoms with Crippen LogP contribution in [0, 0.1) is 0 Å². The Balaban J connectivity index is 0.00000225. The lowest BCUT2D eigenvalue weighted by Gasteiger charge is -2.16. The summed E-state index contributed by atoms with van der Waals surface area (Å²) < 4.78 is 5.12. The van der Waals surface area contributed by atoms with Crippen molar-refractivity contribution in [1.82, 2.24) is 0 Å². The highest BCUT2D eigenvalue weighted by Crippen LogP contribution is 2.36. The Bertz CT molecular complexity index is 812. The van der Waals surface area contributed by atoms with Crippen molar-refractivity contribution in [3.8, 4) is 11.5 Å². The first-order chi connectivity index (χ1) is 11.5. The minimum absolute atomic E-state index is 0. The number of methoxy groups -OCH3 is 1. The third kappa shape index (κ3) is 3.64. The molecule has 0 saturated heterocycles. The SMILES string of the molecule is CCN(C)c1ccc(/C=C2\Cc3cc(OC)c(O)cc3C2=O)cc1.Cl. The van der Waals surface area contributed by atoms with Crippen LogP contribution in [-0.4, -0.2) is 31.6 Å². The number of aromatic hydroxyl groups is 1. The Kier molecular flexibility index (Phi) is 5.75. The van der Waals surface area contributed by atoms with Gasteiger partial charge in [0.15, 0.2) is 17.3 Å². The number of phenols is 1. The van der Waals surface area contributed by atoms with Crippen molar-refractivity contribution in [3.63, 3.8) is 0 Å². The number of ketones is 1. The lowest BCUT2D eigenvalue weighted by atomic mass is 10.1. The maximum atomic E-state index is 12.5. The zero-order chi connectivity index (χ0) is 17.3. The molecule has 0 amide bonds. The third-order valence-corrected chi connectivity index (χ3v) is 4.47. The van der Waals surface area contributed by atoms with Crippen LogP contribution < -0.4 is 9.64 Å². The van der Waals surface area contributed by atoms with Crippen LogP contribution in [0.15, 0.2) is 42.0 Å². The largest absolute Gasteiger partial charge is 0.504 e. The van der Waals surface area contributed by atoms with Crippen molar-refractivity contribution in [2.45, 2.75) is 13.3 Å². The number of benzene rings is 2. The zero-order valence-corrected chi connectivity index (χ0v) is 15.4. The number of carbonyl (C=O) groups excluding carboxylic acids is 1. The van der Waals surface area contributed by atoms with Crippen molar-refractivity contribution >= 4 is 30.0 Å². The van der Waals surface area contributed by atoms with E-state index < -0.39 is 0 Å². The molecule has 2 aromatic rings. The van der Waals surface area contributed by atoms with Gasteiger partial charge in [-0.2, -0.15) is 0 Å². The molecule has 0 fully saturated rings. The van der Waals surface area contributed by atoms with E-state index in [1.165, 1.54) is 13.2 Å². The minimum Gasteiger partial charge on any atom is -0.504 e. The lowest BCUT2D eigenvalue weighted by Crippen LogP contribution is -2.15. The average Bonchev–Trinajstić information content (AvgIpc) is 2.89. The van der Waals surface area contributed by atoms with Gasteiger partial charge in [0.1, 0.15) is 0 Å². The van der Waals surface area contributed by atoms with E-state index in [1.54, 1.807) is 6.07 Å². The summed E-state index contributed by atoms with van der Waals surface area (Å²) in [5.74, 6) is 0.366. The van der Waals surface area contributed by atoms with Crippen molar-refractivity contribution in [1.29, 1.82) is 0 Å². The van der Waals surface area contributed by atoms with Crippen molar-refractivity contribution in [3.05, 3.63) is 58.7 Å². The first-order valence-electron chi connectivity index (χ1n) is 7.99. The monoisotopic (exact) mass is 359 g/mol. The molecule has 25 heavy (non-hydrogen) atoms. The van der Waals surface area contributed by atoms with Crippen LogP contribution >= 0.6 is 12.4 Å². The van der Waals surface area contributed by atoms with E-state index in [-0.39, 0.29) is 23.9 Å². The second kappa shape index (κ2) is 7.62. The van der Waals surface area contributed by atoms with E-state index >= 15 is 0 Å². The minimum atomic E-state index is -0.0299. The predicted octanol–water partition coefficient (Wildman–Crippen LogP) is 4.10. The summed E-state index contributed by atoms with van der Waals surface area (Å²) in [5.41, 5.74) is 4.32. The number of nitrogens with zero attached hydrogens (tertiary/aromatic N) is 1. The van der Waals surface area contributed by atoms with Gasteiger partial charge in [-0.1, -0.05) is 12.1 Å². The summed E-state index contributed by atoms with van der Waals surface area (Å²) in [4.78, 5) is 14.7. The van der Waals surface area contributed by atoms with Gasteiger partial charge in [-0.25, -0.2) is 0 Å². The number of hydrogen-bond acceptors (Lipinski definition) is 4. The molecule has 1 N–H and O–H groups in total. The Morgan fingerprint density at radius 1 is 1.24 bits per heavy atom. The molecule has 2 aromatic carbocycles. The quantitative estimate of drug-likeness (QED) is 0.835. The molecule has 0 bridgehead atoms. The fourth-order valence-electron chi connectivity index (χ4n) is 2.92. The fraction of sp³-hybridized carbons (Fsp3) is 0.250. The van der Waals surface area contributed by atoms with Crippen LogP contribution in [0.5, 0.6) is 11.5 Å². The Labute approximate surface area is 154 Å². The molecule has 0 heterocycles. The van der Waals surface area contributed by atoms with Gasteiger partial charge in [-0.05, 0) is 48.4 Å². The van der Waals surface area contributed by atoms with Gasteiger partial charge in [0, 0.05) is 36.8 Å². The van der Waals surface area contributed by atoms with Crippen molar-refractivity contribution in [2.24, 2.45) is 0 Å². The first kappa shape index (κ1) is 18.9. The highest BCUT2D eigenvalue weighted by Gasteiger charge is 2.26. The smallest absolute Gasteiger partial charge is 0.189 e. The maximum Gasteiger partial charge on any atom is 0.189 e. The zero-order valence-electron chi connectivity index (χ0n) is 14.6. The van der Waals surface area contributed by atoms with Gasteiger partial charge in [0.2, 0.25) is 0 Å². The summed E-state index contributed by atoms with van der Waals surface area (Å²) in [5, 5.41) is 9.87. The molecule has 0 aromatic heterocycles. The molecular weight excluding hydrogens is 338 g/mol. The van der Waals surface area contributed by atoms with E-state index in [9.17, 15) is 9.90 Å². The standard InChI is InChI=1S/C20H21NO3.ClH/c1-4-21(2)16-7-5-13(6-8-16)9-15-10-14-11-19(24-3)18(22)12-17(14)20(15)23;/h5-9,11-12,22H,4,10H2,1-3H3;1H/b15-9+;. The average molecular weight is 360 g/mol. The van der Waals surface area contributed by atoms with Gasteiger partial charge >= 0.3 is 0 Å². The van der Waals surface area contributed by atoms with Crippen LogP contribution in [0.25, 0.3) is 6.08 Å². The Morgan fingerprint density at radius 3 is 2.52 bits per heavy atom. The molecule has 0 spiro atoms. The van der Waals surface area contributed by atoms with Crippen molar-refractivity contribution < 1.29 is 14.6 Å². The highest BCUT2D eigenvalue weighted by molar-refractivity contribution is 6.15. The van der Waals surface area contributed by atoms with Crippen LogP contribution in [-0.2, 0) is 6.42 Å². The van der Waals surface area contributed by atoms with E-state index in [1.807, 2.05) is 25.3 Å². The number of fused-ring (bicyclic) bond motifs is 1. The molecule has 0 aliphatic heterocycles. The van der Waals surface area contributed by atoms with Crippen molar-refractivity contribution in [2.75, 3.05) is 25.6 Å². The molecule has 1 aliphatic carbocycles. The number of carbonyl (C=O) groups is 1. The van der Waals surface area contributed by atoms with Crippen LogP contribution in [0.2, 0.25) is 0 Å². The Hall–Kier alpha value is -2.46. The second-order valence-corrected chi connectivity index (χ2v) is 5.96. The summed E-state index contributed by atoms with van der Waals surface area (Å²) in [7, 11) is 3.55. The maximum absolute atomic E-state index is 12.5. The summed E-state index contributed by atoms with van der Waals surface area (Å²) in [6.45, 7) is 3.05. The molecule has 0 atom stereocenters. The number of rotatable bonds is 4. The van der Waals surface area contributed by atoms with Crippen LogP contribution in [0.1, 0.15) is 28.4 Å². The first-order valence-corrected chi connectivity index (χ1v) is 7.99. The van der Waals surface area contributed by atoms with E-state index in [2.05, 4.69) is 24.0 Å². The summed E-state index contributed by atoms with van der Waals surface area (Å²) in [6.07, 6.45) is 2.48. The van der Waals surface area contributed by atoms with Gasteiger partial charge < -0.3 is 14.7 Å². The highest BCUT2D eigenvalue weighted by atomic mass is 35.5. The topological polar surface area (TPSA) is 49.8 Å². The molecule has 0 unspecified atom stereocenters. The normalized spacial score (nSPS) is 14.2. The number of Topliss-reactive ketones (excluding diaryl/α,β-unsaturated/α-hetero) is 1. The molecule has 132 valence electrons. The van der Waals surface area contributed by atoms with Crippen LogP contribution in [0.3, 0.4) is 0 Å². The Morgan fingerprint density at radius 2 is 1.92 bits per heavy atom. The predicted molar refractivity (Wildman–Crippen MR) is 103 cm³/mol. The fourth-order valence-corrected chi connectivity index (χ4v) is 2.92. The second-order valence-electron chi connectivity index (χ2n) is 5.96. The number of allylic oxidation sites excluding steroid dienone is 1. The van der Waals surface area contributed by atoms with E-state index in [0.717, 1.165) is 28.9 Å². The number of anilines is 1. The molecule has 0 saturated carbocycles. The number of halogens is 1. The molecular formula is C20H22ClNO3. The van der Waals surface area contributed by atoms with Gasteiger partial charge in [0.25, 0.3) is 0 Å².